The molecule has 0 radical (unpaired) electrons. The van der Waals surface area contributed by atoms with Gasteiger partial charge in [0.1, 0.15) is 6.04 Å². The van der Waals surface area contributed by atoms with E-state index in [-0.39, 0.29) is 22.8 Å². The lowest BCUT2D eigenvalue weighted by Crippen LogP contribution is -2.56. The largest absolute Gasteiger partial charge is 0.475 e. The fourth-order valence-electron chi connectivity index (χ4n) is 3.81. The summed E-state index contributed by atoms with van der Waals surface area (Å²) in [6.45, 7) is 3.76. The number of hydrogen-bond acceptors (Lipinski definition) is 6. The normalized spacial score (nSPS) is 24.9. The van der Waals surface area contributed by atoms with Crippen LogP contribution < -0.4 is 15.4 Å². The maximum Gasteiger partial charge on any atom is 0.282 e. The van der Waals surface area contributed by atoms with Gasteiger partial charge in [0.05, 0.1) is 25.9 Å². The number of primary amides is 1. The van der Waals surface area contributed by atoms with Crippen LogP contribution in [0.2, 0.25) is 0 Å². The van der Waals surface area contributed by atoms with Crippen molar-refractivity contribution in [2.45, 2.75) is 45.1 Å². The first-order valence-electron chi connectivity index (χ1n) is 9.78. The third kappa shape index (κ3) is 4.11. The van der Waals surface area contributed by atoms with Crippen LogP contribution in [0.4, 0.5) is 14.6 Å². The second-order valence-corrected chi connectivity index (χ2v) is 9.07. The minimum atomic E-state index is -2.76. The topological polar surface area (TPSA) is 102 Å². The molecule has 3 aliphatic rings. The molecular weight excluding hydrogens is 384 g/mol. The van der Waals surface area contributed by atoms with E-state index in [9.17, 15) is 18.4 Å². The van der Waals surface area contributed by atoms with E-state index >= 15 is 0 Å². The van der Waals surface area contributed by atoms with Crippen molar-refractivity contribution in [2.24, 2.45) is 17.1 Å². The molecule has 158 valence electrons. The number of alkyl halides is 2. The van der Waals surface area contributed by atoms with Crippen molar-refractivity contribution < 1.29 is 23.1 Å². The van der Waals surface area contributed by atoms with Gasteiger partial charge in [0.15, 0.2) is 11.5 Å². The summed E-state index contributed by atoms with van der Waals surface area (Å²) >= 11 is 0. The number of rotatable bonds is 6. The van der Waals surface area contributed by atoms with E-state index in [1.165, 1.54) is 16.0 Å². The number of nitrogens with two attached hydrogens (primary N) is 1. The van der Waals surface area contributed by atoms with Gasteiger partial charge in [0, 0.05) is 6.54 Å². The van der Waals surface area contributed by atoms with E-state index in [4.69, 9.17) is 10.5 Å². The molecule has 29 heavy (non-hydrogen) atoms. The molecule has 4 rings (SSSR count). The average molecular weight is 409 g/mol. The molecule has 1 saturated carbocycles. The molecule has 2 saturated heterocycles. The summed E-state index contributed by atoms with van der Waals surface area (Å²) in [6, 6.07) is -0.719. The van der Waals surface area contributed by atoms with E-state index in [0.717, 1.165) is 12.8 Å². The first-order valence-corrected chi connectivity index (χ1v) is 9.78. The molecule has 1 atom stereocenters. The van der Waals surface area contributed by atoms with Crippen LogP contribution in [0.15, 0.2) is 6.20 Å². The lowest BCUT2D eigenvalue weighted by atomic mass is 9.90. The van der Waals surface area contributed by atoms with Crippen molar-refractivity contribution in [3.05, 3.63) is 11.9 Å². The minimum absolute atomic E-state index is 0.00998. The summed E-state index contributed by atoms with van der Waals surface area (Å²) in [7, 11) is 0. The number of carbonyl (C=O) groups excluding carboxylic acids is 2. The number of halogens is 2. The van der Waals surface area contributed by atoms with Gasteiger partial charge in [-0.05, 0) is 30.6 Å². The summed E-state index contributed by atoms with van der Waals surface area (Å²) in [5.41, 5.74) is 5.24. The smallest absolute Gasteiger partial charge is 0.282 e. The molecule has 1 aromatic rings. The molecule has 1 aromatic heterocycles. The zero-order chi connectivity index (χ0) is 21.0. The maximum absolute atomic E-state index is 13.3. The van der Waals surface area contributed by atoms with Crippen molar-refractivity contribution >= 4 is 17.6 Å². The Morgan fingerprint density at radius 1 is 1.28 bits per heavy atom. The molecule has 3 heterocycles. The molecule has 2 N–H and O–H groups in total. The Bertz CT molecular complexity index is 835. The molecule has 1 aliphatic carbocycles. The number of ether oxygens (including phenoxy) is 1. The number of carbonyl (C=O) groups is 2. The van der Waals surface area contributed by atoms with Crippen molar-refractivity contribution in [3.63, 3.8) is 0 Å². The Labute approximate surface area is 167 Å². The molecule has 0 bridgehead atoms. The van der Waals surface area contributed by atoms with E-state index in [1.807, 2.05) is 13.8 Å². The van der Waals surface area contributed by atoms with Crippen molar-refractivity contribution in [2.75, 3.05) is 31.1 Å². The molecular formula is C19H25F2N5O3. The molecule has 10 heteroatoms. The quantitative estimate of drug-likeness (QED) is 0.763. The summed E-state index contributed by atoms with van der Waals surface area (Å²) in [4.78, 5) is 36.2. The van der Waals surface area contributed by atoms with Gasteiger partial charge in [-0.1, -0.05) is 13.8 Å². The van der Waals surface area contributed by atoms with E-state index < -0.39 is 36.9 Å². The number of likely N-dealkylation sites (tertiary alicyclic amines) is 1. The zero-order valence-corrected chi connectivity index (χ0v) is 16.5. The highest BCUT2D eigenvalue weighted by molar-refractivity contribution is 5.96. The van der Waals surface area contributed by atoms with Gasteiger partial charge in [-0.25, -0.2) is 18.7 Å². The van der Waals surface area contributed by atoms with Gasteiger partial charge in [-0.3, -0.25) is 9.59 Å². The highest BCUT2D eigenvalue weighted by Crippen LogP contribution is 2.38. The molecule has 0 spiro atoms. The van der Waals surface area contributed by atoms with Crippen molar-refractivity contribution in [1.82, 2.24) is 14.9 Å². The number of hydrogen-bond donors (Lipinski definition) is 1. The first-order chi connectivity index (χ1) is 13.5. The van der Waals surface area contributed by atoms with Gasteiger partial charge in [0.2, 0.25) is 5.91 Å². The second kappa shape index (κ2) is 6.77. The van der Waals surface area contributed by atoms with E-state index in [0.29, 0.717) is 25.5 Å². The Balaban J connectivity index is 1.58. The average Bonchev–Trinajstić information content (AvgIpc) is 3.38. The fraction of sp³-hybridized carbons (Fsp3) is 0.684. The number of aromatic nitrogens is 2. The molecule has 3 fully saturated rings. The van der Waals surface area contributed by atoms with Crippen LogP contribution in [-0.4, -0.2) is 64.9 Å². The molecule has 2 amide bonds. The van der Waals surface area contributed by atoms with Gasteiger partial charge >= 0.3 is 0 Å². The number of nitrogens with zero attached hydrogens (tertiary/aromatic N) is 4. The predicted molar refractivity (Wildman–Crippen MR) is 99.8 cm³/mol. The molecule has 8 nitrogen and oxygen atoms in total. The van der Waals surface area contributed by atoms with Gasteiger partial charge in [-0.2, -0.15) is 0 Å². The zero-order valence-electron chi connectivity index (χ0n) is 16.5. The standard InChI is InChI=1S/C19H25F2N5O3/c1-18(2)5-13(14(22)27)26(8-18)17(28)12-6-23-15(25-9-19(20,21)10-25)16(24-12)29-7-11-3-4-11/h6,11,13H,3-5,7-10H2,1-2H3,(H2,22,27)/t13-/m0/s1. The summed E-state index contributed by atoms with van der Waals surface area (Å²) < 4.78 is 32.3. The molecule has 2 aliphatic heterocycles. The number of anilines is 1. The summed E-state index contributed by atoms with van der Waals surface area (Å²) in [5.74, 6) is -3.10. The van der Waals surface area contributed by atoms with Crippen LogP contribution in [0.3, 0.4) is 0 Å². The van der Waals surface area contributed by atoms with Crippen LogP contribution >= 0.6 is 0 Å². The van der Waals surface area contributed by atoms with E-state index in [2.05, 4.69) is 9.97 Å². The van der Waals surface area contributed by atoms with E-state index in [1.54, 1.807) is 0 Å². The third-order valence-electron chi connectivity index (χ3n) is 5.55. The molecule has 0 unspecified atom stereocenters. The first kappa shape index (κ1) is 19.8. The highest BCUT2D eigenvalue weighted by Gasteiger charge is 2.47. The van der Waals surface area contributed by atoms with Crippen molar-refractivity contribution in [3.8, 4) is 5.88 Å². The monoisotopic (exact) mass is 409 g/mol. The Morgan fingerprint density at radius 3 is 2.55 bits per heavy atom. The highest BCUT2D eigenvalue weighted by atomic mass is 19.3. The fourth-order valence-corrected chi connectivity index (χ4v) is 3.81. The second-order valence-electron chi connectivity index (χ2n) is 9.07. The van der Waals surface area contributed by atoms with Crippen LogP contribution in [0.5, 0.6) is 5.88 Å². The van der Waals surface area contributed by atoms with Crippen molar-refractivity contribution in [1.29, 1.82) is 0 Å². The van der Waals surface area contributed by atoms with Gasteiger partial charge in [-0.15, -0.1) is 0 Å². The minimum Gasteiger partial charge on any atom is -0.475 e. The van der Waals surface area contributed by atoms with Crippen LogP contribution in [0, 0.1) is 11.3 Å². The predicted octanol–water partition coefficient (Wildman–Crippen LogP) is 1.45. The Kier molecular flexibility index (Phi) is 4.62. The Hall–Kier alpha value is -2.52. The third-order valence-corrected chi connectivity index (χ3v) is 5.55. The van der Waals surface area contributed by atoms with Gasteiger partial charge < -0.3 is 20.3 Å². The summed E-state index contributed by atoms with van der Waals surface area (Å²) in [6.07, 6.45) is 3.81. The number of amides is 2. The summed E-state index contributed by atoms with van der Waals surface area (Å²) in [5, 5.41) is 0. The van der Waals surface area contributed by atoms with Crippen LogP contribution in [-0.2, 0) is 4.79 Å². The lowest BCUT2D eigenvalue weighted by Gasteiger charge is -2.39. The van der Waals surface area contributed by atoms with Crippen LogP contribution in [0.1, 0.15) is 43.6 Å². The maximum atomic E-state index is 13.3. The SMILES string of the molecule is CC1(C)C[C@@H](C(N)=O)N(C(=O)c2cnc(N3CC(F)(F)C3)c(OCC3CC3)n2)C1. The Morgan fingerprint density at radius 2 is 1.97 bits per heavy atom. The molecule has 0 aromatic carbocycles. The van der Waals surface area contributed by atoms with Gasteiger partial charge in [0.25, 0.3) is 17.7 Å². The lowest BCUT2D eigenvalue weighted by molar-refractivity contribution is -0.121. The van der Waals surface area contributed by atoms with Crippen LogP contribution in [0.25, 0.3) is 0 Å².